The second-order valence-electron chi connectivity index (χ2n) is 3.48. The van der Waals surface area contributed by atoms with Gasteiger partial charge in [-0.15, -0.1) is 35.5 Å². The molecule has 6 heteroatoms. The highest BCUT2D eigenvalue weighted by molar-refractivity contribution is 7.98. The van der Waals surface area contributed by atoms with Gasteiger partial charge >= 0.3 is 0 Å². The number of hydrogen-bond donors (Lipinski definition) is 2. The van der Waals surface area contributed by atoms with E-state index in [0.717, 1.165) is 29.3 Å². The summed E-state index contributed by atoms with van der Waals surface area (Å²) in [4.78, 5) is 13.8. The second-order valence-corrected chi connectivity index (χ2v) is 5.25. The van der Waals surface area contributed by atoms with Gasteiger partial charge in [0.05, 0.1) is 0 Å². The van der Waals surface area contributed by atoms with E-state index in [1.54, 1.807) is 11.8 Å². The van der Waals surface area contributed by atoms with Crippen LogP contribution in [0.2, 0.25) is 0 Å². The lowest BCUT2D eigenvalue weighted by atomic mass is 10.2. The van der Waals surface area contributed by atoms with Gasteiger partial charge in [-0.3, -0.25) is 4.79 Å². The van der Waals surface area contributed by atoms with Crippen molar-refractivity contribution in [2.45, 2.75) is 17.4 Å². The van der Waals surface area contributed by atoms with Crippen LogP contribution in [0.4, 0.5) is 0 Å². The Kier molecular flexibility index (Phi) is 5.61. The summed E-state index contributed by atoms with van der Waals surface area (Å²) in [6.07, 6.45) is 3.03. The summed E-state index contributed by atoms with van der Waals surface area (Å²) < 4.78 is 0. The molecular weight excluding hydrogens is 264 g/mol. The zero-order valence-electron chi connectivity index (χ0n) is 8.99. The third kappa shape index (κ3) is 3.13. The third-order valence-electron chi connectivity index (χ3n) is 2.45. The first-order chi connectivity index (χ1) is 7.31. The minimum atomic E-state index is 0. The summed E-state index contributed by atoms with van der Waals surface area (Å²) in [7, 11) is 0. The van der Waals surface area contributed by atoms with Gasteiger partial charge in [-0.05, 0) is 30.7 Å². The van der Waals surface area contributed by atoms with E-state index in [1.807, 2.05) is 17.7 Å². The van der Waals surface area contributed by atoms with Crippen LogP contribution in [0.15, 0.2) is 16.3 Å². The zero-order valence-corrected chi connectivity index (χ0v) is 11.4. The van der Waals surface area contributed by atoms with Crippen molar-refractivity contribution in [1.82, 2.24) is 10.6 Å². The van der Waals surface area contributed by atoms with E-state index in [1.165, 1.54) is 11.3 Å². The van der Waals surface area contributed by atoms with Crippen molar-refractivity contribution in [3.05, 3.63) is 16.3 Å². The van der Waals surface area contributed by atoms with E-state index in [0.29, 0.717) is 6.04 Å². The monoisotopic (exact) mass is 278 g/mol. The first-order valence-electron chi connectivity index (χ1n) is 4.94. The molecule has 0 aliphatic carbocycles. The van der Waals surface area contributed by atoms with Crippen LogP contribution in [0.1, 0.15) is 16.1 Å². The van der Waals surface area contributed by atoms with Gasteiger partial charge in [0, 0.05) is 17.5 Å². The summed E-state index contributed by atoms with van der Waals surface area (Å²) in [6, 6.07) is 2.30. The highest BCUT2D eigenvalue weighted by atomic mass is 35.5. The number of halogens is 1. The topological polar surface area (TPSA) is 41.1 Å². The van der Waals surface area contributed by atoms with Crippen molar-refractivity contribution in [3.63, 3.8) is 0 Å². The minimum Gasteiger partial charge on any atom is -0.347 e. The maximum absolute atomic E-state index is 11.9. The Morgan fingerprint density at radius 2 is 2.50 bits per heavy atom. The van der Waals surface area contributed by atoms with Crippen molar-refractivity contribution in [2.75, 3.05) is 19.3 Å². The Morgan fingerprint density at radius 3 is 3.12 bits per heavy atom. The summed E-state index contributed by atoms with van der Waals surface area (Å²) >= 11 is 3.13. The van der Waals surface area contributed by atoms with Gasteiger partial charge in [-0.2, -0.15) is 0 Å². The normalized spacial score (nSPS) is 19.2. The number of hydrogen-bond acceptors (Lipinski definition) is 4. The average Bonchev–Trinajstić information content (AvgIpc) is 2.86. The van der Waals surface area contributed by atoms with Crippen LogP contribution in [-0.4, -0.2) is 31.3 Å². The Hall–Kier alpha value is -0.230. The SMILES string of the molecule is CSc1ccsc1C(=O)NC1CCNC1.Cl. The van der Waals surface area contributed by atoms with E-state index in [2.05, 4.69) is 10.6 Å². The van der Waals surface area contributed by atoms with Gasteiger partial charge in [-0.25, -0.2) is 0 Å². The molecule has 0 spiro atoms. The van der Waals surface area contributed by atoms with Crippen molar-refractivity contribution < 1.29 is 4.79 Å². The second kappa shape index (κ2) is 6.49. The van der Waals surface area contributed by atoms with E-state index in [9.17, 15) is 4.79 Å². The predicted molar refractivity (Wildman–Crippen MR) is 72.1 cm³/mol. The van der Waals surface area contributed by atoms with Crippen LogP contribution in [0.5, 0.6) is 0 Å². The van der Waals surface area contributed by atoms with Gasteiger partial charge in [0.25, 0.3) is 5.91 Å². The molecule has 2 heterocycles. The van der Waals surface area contributed by atoms with Crippen LogP contribution in [-0.2, 0) is 0 Å². The minimum absolute atomic E-state index is 0. The molecule has 0 radical (unpaired) electrons. The molecule has 1 aromatic heterocycles. The molecule has 2 rings (SSSR count). The van der Waals surface area contributed by atoms with Gasteiger partial charge in [0.15, 0.2) is 0 Å². The summed E-state index contributed by atoms with van der Waals surface area (Å²) in [6.45, 7) is 1.90. The van der Waals surface area contributed by atoms with Crippen molar-refractivity contribution in [3.8, 4) is 0 Å². The number of thioether (sulfide) groups is 1. The lowest BCUT2D eigenvalue weighted by Gasteiger charge is -2.10. The van der Waals surface area contributed by atoms with Crippen LogP contribution in [0, 0.1) is 0 Å². The molecule has 90 valence electrons. The first-order valence-corrected chi connectivity index (χ1v) is 7.05. The molecule has 0 aromatic carbocycles. The molecular formula is C10H15ClN2OS2. The highest BCUT2D eigenvalue weighted by Crippen LogP contribution is 2.25. The molecule has 1 unspecified atom stereocenters. The quantitative estimate of drug-likeness (QED) is 0.831. The molecule has 3 nitrogen and oxygen atoms in total. The molecule has 0 bridgehead atoms. The van der Waals surface area contributed by atoms with Crippen LogP contribution >= 0.6 is 35.5 Å². The smallest absolute Gasteiger partial charge is 0.262 e. The number of thiophene rings is 1. The largest absolute Gasteiger partial charge is 0.347 e. The fraction of sp³-hybridized carbons (Fsp3) is 0.500. The summed E-state index contributed by atoms with van der Waals surface area (Å²) in [5.74, 6) is 0.0723. The lowest BCUT2D eigenvalue weighted by molar-refractivity contribution is 0.0941. The highest BCUT2D eigenvalue weighted by Gasteiger charge is 2.19. The zero-order chi connectivity index (χ0) is 10.7. The van der Waals surface area contributed by atoms with Gasteiger partial charge in [-0.1, -0.05) is 0 Å². The standard InChI is InChI=1S/C10H14N2OS2.ClH/c1-14-8-3-5-15-9(8)10(13)12-7-2-4-11-6-7;/h3,5,7,11H,2,4,6H2,1H3,(H,12,13);1H. The van der Waals surface area contributed by atoms with Crippen molar-refractivity contribution in [2.24, 2.45) is 0 Å². The van der Waals surface area contributed by atoms with E-state index >= 15 is 0 Å². The van der Waals surface area contributed by atoms with Crippen LogP contribution in [0.3, 0.4) is 0 Å². The summed E-state index contributed by atoms with van der Waals surface area (Å²) in [5, 5.41) is 8.25. The average molecular weight is 279 g/mol. The fourth-order valence-electron chi connectivity index (χ4n) is 1.65. The summed E-state index contributed by atoms with van der Waals surface area (Å²) in [5.41, 5.74) is 0. The van der Waals surface area contributed by atoms with E-state index < -0.39 is 0 Å². The number of nitrogens with one attached hydrogen (secondary N) is 2. The number of carbonyl (C=O) groups excluding carboxylic acids is 1. The number of rotatable bonds is 3. The predicted octanol–water partition coefficient (Wildman–Crippen LogP) is 1.98. The molecule has 0 saturated carbocycles. The third-order valence-corrected chi connectivity index (χ3v) is 4.27. The Bertz CT molecular complexity index is 350. The molecule has 1 fully saturated rings. The van der Waals surface area contributed by atoms with Crippen LogP contribution in [0.25, 0.3) is 0 Å². The van der Waals surface area contributed by atoms with Crippen molar-refractivity contribution in [1.29, 1.82) is 0 Å². The molecule has 1 aliphatic rings. The Balaban J connectivity index is 0.00000128. The maximum atomic E-state index is 11.9. The molecule has 1 saturated heterocycles. The molecule has 1 aliphatic heterocycles. The number of amides is 1. The number of carbonyl (C=O) groups is 1. The Morgan fingerprint density at radius 1 is 1.69 bits per heavy atom. The maximum Gasteiger partial charge on any atom is 0.262 e. The molecule has 1 amide bonds. The van der Waals surface area contributed by atoms with Gasteiger partial charge in [0.2, 0.25) is 0 Å². The molecule has 2 N–H and O–H groups in total. The van der Waals surface area contributed by atoms with Crippen LogP contribution < -0.4 is 10.6 Å². The Labute approximate surface area is 110 Å². The van der Waals surface area contributed by atoms with E-state index in [4.69, 9.17) is 0 Å². The van der Waals surface area contributed by atoms with Crippen molar-refractivity contribution >= 4 is 41.4 Å². The van der Waals surface area contributed by atoms with Gasteiger partial charge in [0.1, 0.15) is 4.88 Å². The first kappa shape index (κ1) is 13.8. The molecule has 1 aromatic rings. The van der Waals surface area contributed by atoms with Gasteiger partial charge < -0.3 is 10.6 Å². The fourth-order valence-corrected chi connectivity index (χ4v) is 3.31. The lowest BCUT2D eigenvalue weighted by Crippen LogP contribution is -2.35. The van der Waals surface area contributed by atoms with E-state index in [-0.39, 0.29) is 18.3 Å². The molecule has 1 atom stereocenters. The molecule has 16 heavy (non-hydrogen) atoms.